The molecule has 1 aliphatic rings. The number of alkyl halides is 6. The van der Waals surface area contributed by atoms with Crippen molar-refractivity contribution in [1.29, 1.82) is 0 Å². The second-order valence-corrected chi connectivity index (χ2v) is 6.98. The molecule has 3 N–H and O–H groups in total. The zero-order chi connectivity index (χ0) is 22.1. The Morgan fingerprint density at radius 1 is 1.00 bits per heavy atom. The van der Waals surface area contributed by atoms with Gasteiger partial charge in [0.05, 0.1) is 22.7 Å². The highest BCUT2D eigenvalue weighted by atomic mass is 19.4. The van der Waals surface area contributed by atoms with Gasteiger partial charge in [0, 0.05) is 5.92 Å². The van der Waals surface area contributed by atoms with E-state index in [1.807, 2.05) is 0 Å². The molecule has 3 rings (SSSR count). The largest absolute Gasteiger partial charge is 0.418 e. The van der Waals surface area contributed by atoms with Crippen molar-refractivity contribution < 1.29 is 36.2 Å². The van der Waals surface area contributed by atoms with Crippen LogP contribution >= 0.6 is 0 Å². The molecule has 4 nitrogen and oxygen atoms in total. The number of aliphatic hydroxyl groups excluding tert-OH is 1. The fourth-order valence-electron chi connectivity index (χ4n) is 3.61. The number of halogens is 6. The maximum Gasteiger partial charge on any atom is 0.418 e. The summed E-state index contributed by atoms with van der Waals surface area (Å²) in [7, 11) is 0. The van der Waals surface area contributed by atoms with Crippen molar-refractivity contribution in [1.82, 2.24) is 5.32 Å². The maximum atomic E-state index is 13.2. The van der Waals surface area contributed by atoms with Crippen molar-refractivity contribution in [3.63, 3.8) is 0 Å². The number of carbonyl (C=O) groups excluding carboxylic acids is 1. The van der Waals surface area contributed by atoms with Crippen LogP contribution in [0.5, 0.6) is 0 Å². The third kappa shape index (κ3) is 4.76. The van der Waals surface area contributed by atoms with Gasteiger partial charge in [-0.1, -0.05) is 30.3 Å². The van der Waals surface area contributed by atoms with Gasteiger partial charge < -0.3 is 10.4 Å². The normalized spacial score (nSPS) is 22.6. The van der Waals surface area contributed by atoms with Crippen LogP contribution in [0, 0.1) is 5.92 Å². The summed E-state index contributed by atoms with van der Waals surface area (Å²) >= 11 is 0. The minimum Gasteiger partial charge on any atom is -0.378 e. The number of anilines is 1. The van der Waals surface area contributed by atoms with Gasteiger partial charge in [0.15, 0.2) is 0 Å². The molecule has 3 atom stereocenters. The minimum atomic E-state index is -4.71. The summed E-state index contributed by atoms with van der Waals surface area (Å²) in [6.07, 6.45) is -10.5. The third-order valence-electron chi connectivity index (χ3n) is 5.02. The Morgan fingerprint density at radius 2 is 1.70 bits per heavy atom. The summed E-state index contributed by atoms with van der Waals surface area (Å²) in [4.78, 5) is 12.8. The number of nitrogens with one attached hydrogen (secondary N) is 2. The van der Waals surface area contributed by atoms with Crippen molar-refractivity contribution >= 4 is 11.6 Å². The topological polar surface area (TPSA) is 61.4 Å². The lowest BCUT2D eigenvalue weighted by atomic mass is 9.79. The van der Waals surface area contributed by atoms with Gasteiger partial charge in [-0.3, -0.25) is 10.1 Å². The van der Waals surface area contributed by atoms with Gasteiger partial charge in [-0.25, -0.2) is 0 Å². The molecule has 1 amide bonds. The Kier molecular flexibility index (Phi) is 6.09. The van der Waals surface area contributed by atoms with Gasteiger partial charge in [0.2, 0.25) is 5.91 Å². The SMILES string of the molecule is O=C(Nc1ccccc1C(F)(F)F)C1C(O)NCCC1c1cccc(C(F)(F)F)c1. The van der Waals surface area contributed by atoms with Gasteiger partial charge in [-0.05, 0) is 36.7 Å². The number of rotatable bonds is 3. The van der Waals surface area contributed by atoms with E-state index in [0.717, 1.165) is 24.3 Å². The number of para-hydroxylation sites is 1. The van der Waals surface area contributed by atoms with Crippen LogP contribution in [0.25, 0.3) is 0 Å². The summed E-state index contributed by atoms with van der Waals surface area (Å²) in [6, 6.07) is 8.73. The van der Waals surface area contributed by atoms with E-state index < -0.39 is 53.1 Å². The van der Waals surface area contributed by atoms with Crippen LogP contribution in [-0.2, 0) is 17.1 Å². The third-order valence-corrected chi connectivity index (χ3v) is 5.02. The lowest BCUT2D eigenvalue weighted by Crippen LogP contribution is -2.50. The molecule has 1 heterocycles. The molecule has 0 bridgehead atoms. The van der Waals surface area contributed by atoms with Gasteiger partial charge in [-0.15, -0.1) is 0 Å². The average Bonchev–Trinajstić information content (AvgIpc) is 2.66. The van der Waals surface area contributed by atoms with Crippen molar-refractivity contribution in [2.75, 3.05) is 11.9 Å². The summed E-state index contributed by atoms with van der Waals surface area (Å²) < 4.78 is 78.8. The molecule has 3 unspecified atom stereocenters. The lowest BCUT2D eigenvalue weighted by Gasteiger charge is -2.36. The van der Waals surface area contributed by atoms with Crippen LogP contribution in [-0.4, -0.2) is 23.8 Å². The molecule has 30 heavy (non-hydrogen) atoms. The van der Waals surface area contributed by atoms with E-state index in [9.17, 15) is 36.2 Å². The quantitative estimate of drug-likeness (QED) is 0.632. The van der Waals surface area contributed by atoms with E-state index >= 15 is 0 Å². The standard InChI is InChI=1S/C20H18F6N2O2/c21-19(22,23)12-5-3-4-11(10-12)13-8-9-27-17(29)16(13)18(30)28-15-7-2-1-6-14(15)20(24,25)26/h1-7,10,13,16-17,27,29H,8-9H2,(H,28,30). The van der Waals surface area contributed by atoms with Crippen LogP contribution in [0.4, 0.5) is 32.0 Å². The highest BCUT2D eigenvalue weighted by Gasteiger charge is 2.41. The molecule has 1 fully saturated rings. The van der Waals surface area contributed by atoms with Crippen LogP contribution in [0.1, 0.15) is 29.0 Å². The Bertz CT molecular complexity index is 913. The van der Waals surface area contributed by atoms with Gasteiger partial charge >= 0.3 is 12.4 Å². The Labute approximate surface area is 167 Å². The maximum absolute atomic E-state index is 13.2. The van der Waals surface area contributed by atoms with E-state index in [-0.39, 0.29) is 18.5 Å². The van der Waals surface area contributed by atoms with Crippen molar-refractivity contribution in [2.24, 2.45) is 5.92 Å². The number of hydrogen-bond donors (Lipinski definition) is 3. The van der Waals surface area contributed by atoms with E-state index in [1.165, 1.54) is 24.3 Å². The molecule has 0 spiro atoms. The molecule has 10 heteroatoms. The molecule has 2 aromatic rings. The first-order valence-corrected chi connectivity index (χ1v) is 9.04. The first kappa shape index (κ1) is 22.1. The summed E-state index contributed by atoms with van der Waals surface area (Å²) in [5.41, 5.74) is -2.29. The van der Waals surface area contributed by atoms with Crippen molar-refractivity contribution in [2.45, 2.75) is 30.9 Å². The lowest BCUT2D eigenvalue weighted by molar-refractivity contribution is -0.138. The minimum absolute atomic E-state index is 0.176. The predicted octanol–water partition coefficient (Wildman–Crippen LogP) is 4.37. The molecule has 1 aliphatic heterocycles. The van der Waals surface area contributed by atoms with Crippen LogP contribution in [0.3, 0.4) is 0 Å². The van der Waals surface area contributed by atoms with Crippen molar-refractivity contribution in [3.05, 3.63) is 65.2 Å². The Morgan fingerprint density at radius 3 is 2.37 bits per heavy atom. The molecular formula is C20H18F6N2O2. The molecule has 2 aromatic carbocycles. The summed E-state index contributed by atoms with van der Waals surface area (Å²) in [5, 5.41) is 15.1. The smallest absolute Gasteiger partial charge is 0.378 e. The van der Waals surface area contributed by atoms with Gasteiger partial charge in [0.25, 0.3) is 0 Å². The average molecular weight is 432 g/mol. The fraction of sp³-hybridized carbons (Fsp3) is 0.350. The number of hydrogen-bond acceptors (Lipinski definition) is 3. The molecule has 1 saturated heterocycles. The number of aliphatic hydroxyl groups is 1. The van der Waals surface area contributed by atoms with E-state index in [0.29, 0.717) is 0 Å². The van der Waals surface area contributed by atoms with Gasteiger partial charge in [0.1, 0.15) is 6.23 Å². The molecule has 162 valence electrons. The first-order chi connectivity index (χ1) is 14.0. The Hall–Kier alpha value is -2.59. The zero-order valence-electron chi connectivity index (χ0n) is 15.4. The van der Waals surface area contributed by atoms with E-state index in [4.69, 9.17) is 0 Å². The Balaban J connectivity index is 1.92. The molecule has 0 radical (unpaired) electrons. The molecule has 0 saturated carbocycles. The monoisotopic (exact) mass is 432 g/mol. The number of benzene rings is 2. The number of piperidine rings is 1. The molecule has 0 aromatic heterocycles. The second kappa shape index (κ2) is 8.27. The van der Waals surface area contributed by atoms with Crippen molar-refractivity contribution in [3.8, 4) is 0 Å². The second-order valence-electron chi connectivity index (χ2n) is 6.98. The van der Waals surface area contributed by atoms with E-state index in [1.54, 1.807) is 0 Å². The molecular weight excluding hydrogens is 414 g/mol. The number of carbonyl (C=O) groups is 1. The zero-order valence-corrected chi connectivity index (χ0v) is 15.4. The highest BCUT2D eigenvalue weighted by Crippen LogP contribution is 2.38. The first-order valence-electron chi connectivity index (χ1n) is 9.04. The van der Waals surface area contributed by atoms with E-state index in [2.05, 4.69) is 10.6 Å². The number of amides is 1. The summed E-state index contributed by atoms with van der Waals surface area (Å²) in [6.45, 7) is 0.227. The van der Waals surface area contributed by atoms with Crippen LogP contribution in [0.15, 0.2) is 48.5 Å². The van der Waals surface area contributed by atoms with Crippen LogP contribution < -0.4 is 10.6 Å². The highest BCUT2D eigenvalue weighted by molar-refractivity contribution is 5.94. The molecule has 0 aliphatic carbocycles. The summed E-state index contributed by atoms with van der Waals surface area (Å²) in [5.74, 6) is -3.03. The van der Waals surface area contributed by atoms with Gasteiger partial charge in [-0.2, -0.15) is 26.3 Å². The predicted molar refractivity (Wildman–Crippen MR) is 96.4 cm³/mol. The van der Waals surface area contributed by atoms with Crippen LogP contribution in [0.2, 0.25) is 0 Å². The fourth-order valence-corrected chi connectivity index (χ4v) is 3.61.